The number of piperazine rings is 1. The topological polar surface area (TPSA) is 65.5 Å². The molecule has 28 heavy (non-hydrogen) atoms. The van der Waals surface area contributed by atoms with Crippen LogP contribution in [0, 0.1) is 12.3 Å². The van der Waals surface area contributed by atoms with Gasteiger partial charge in [-0.3, -0.25) is 9.59 Å². The van der Waals surface area contributed by atoms with E-state index in [1.54, 1.807) is 18.3 Å². The Morgan fingerprint density at radius 3 is 2.46 bits per heavy atom. The van der Waals surface area contributed by atoms with Crippen molar-refractivity contribution in [2.45, 2.75) is 19.8 Å². The number of hydrogen-bond donors (Lipinski definition) is 1. The van der Waals surface area contributed by atoms with Gasteiger partial charge in [-0.1, -0.05) is 23.7 Å². The lowest BCUT2D eigenvalue weighted by Crippen LogP contribution is -2.52. The first-order valence-corrected chi connectivity index (χ1v) is 9.91. The predicted octanol–water partition coefficient (Wildman–Crippen LogP) is 3.11. The number of nitrogens with zero attached hydrogens (tertiary/aromatic N) is 3. The number of hydrogen-bond acceptors (Lipinski definition) is 4. The highest BCUT2D eigenvalue weighted by molar-refractivity contribution is 6.31. The largest absolute Gasteiger partial charge is 0.353 e. The third kappa shape index (κ3) is 3.44. The van der Waals surface area contributed by atoms with Gasteiger partial charge in [0, 0.05) is 43.1 Å². The van der Waals surface area contributed by atoms with Crippen LogP contribution in [-0.2, 0) is 9.59 Å². The molecule has 1 saturated heterocycles. The van der Waals surface area contributed by atoms with Gasteiger partial charge in [0.15, 0.2) is 0 Å². The lowest BCUT2D eigenvalue weighted by Gasteiger charge is -2.37. The molecule has 4 rings (SSSR count). The second-order valence-corrected chi connectivity index (χ2v) is 7.82. The molecular formula is C21H23ClN4O2. The van der Waals surface area contributed by atoms with Gasteiger partial charge in [-0.25, -0.2) is 4.98 Å². The molecule has 0 bridgehead atoms. The number of carbonyl (C=O) groups is 2. The standard InChI is InChI=1S/C21H23ClN4O2/c1-15-16(22)5-4-6-17(15)24-19(27)21(8-9-21)20(28)26-13-11-25(12-14-26)18-7-2-3-10-23-18/h2-7,10H,8-9,11-14H2,1H3,(H,24,27). The number of aromatic nitrogens is 1. The lowest BCUT2D eigenvalue weighted by molar-refractivity contribution is -0.142. The van der Waals surface area contributed by atoms with Crippen LogP contribution in [-0.4, -0.2) is 47.9 Å². The molecule has 1 N–H and O–H groups in total. The van der Waals surface area contributed by atoms with Gasteiger partial charge in [0.2, 0.25) is 11.8 Å². The van der Waals surface area contributed by atoms with E-state index in [1.165, 1.54) is 0 Å². The molecule has 1 aromatic carbocycles. The SMILES string of the molecule is Cc1c(Cl)cccc1NC(=O)C1(C(=O)N2CCN(c3ccccn3)CC2)CC1. The van der Waals surface area contributed by atoms with Gasteiger partial charge in [-0.2, -0.15) is 0 Å². The maximum Gasteiger partial charge on any atom is 0.240 e. The summed E-state index contributed by atoms with van der Waals surface area (Å²) in [4.78, 5) is 34.4. The van der Waals surface area contributed by atoms with E-state index in [0.717, 1.165) is 11.4 Å². The molecule has 1 aliphatic heterocycles. The summed E-state index contributed by atoms with van der Waals surface area (Å²) in [5.41, 5.74) is 0.545. The highest BCUT2D eigenvalue weighted by Crippen LogP contribution is 2.48. The summed E-state index contributed by atoms with van der Waals surface area (Å²) in [5.74, 6) is 0.630. The van der Waals surface area contributed by atoms with E-state index in [2.05, 4.69) is 15.2 Å². The van der Waals surface area contributed by atoms with Crippen LogP contribution in [0.2, 0.25) is 5.02 Å². The smallest absolute Gasteiger partial charge is 0.240 e. The van der Waals surface area contributed by atoms with Gasteiger partial charge >= 0.3 is 0 Å². The molecule has 1 aromatic heterocycles. The quantitative estimate of drug-likeness (QED) is 0.803. The molecule has 0 spiro atoms. The molecule has 0 radical (unpaired) electrons. The summed E-state index contributed by atoms with van der Waals surface area (Å²) in [6.07, 6.45) is 2.96. The summed E-state index contributed by atoms with van der Waals surface area (Å²) in [7, 11) is 0. The van der Waals surface area contributed by atoms with Crippen molar-refractivity contribution in [1.82, 2.24) is 9.88 Å². The van der Waals surface area contributed by atoms with E-state index in [0.29, 0.717) is 49.7 Å². The van der Waals surface area contributed by atoms with Crippen molar-refractivity contribution < 1.29 is 9.59 Å². The molecular weight excluding hydrogens is 376 g/mol. The molecule has 0 unspecified atom stereocenters. The van der Waals surface area contributed by atoms with Crippen LogP contribution in [0.5, 0.6) is 0 Å². The van der Waals surface area contributed by atoms with Gasteiger partial charge in [-0.05, 0) is 49.6 Å². The molecule has 1 saturated carbocycles. The van der Waals surface area contributed by atoms with Crippen molar-refractivity contribution in [3.63, 3.8) is 0 Å². The van der Waals surface area contributed by atoms with E-state index in [-0.39, 0.29) is 11.8 Å². The number of carbonyl (C=O) groups excluding carboxylic acids is 2. The van der Waals surface area contributed by atoms with Crippen molar-refractivity contribution in [3.8, 4) is 0 Å². The van der Waals surface area contributed by atoms with Crippen LogP contribution in [0.4, 0.5) is 11.5 Å². The minimum Gasteiger partial charge on any atom is -0.353 e. The maximum atomic E-state index is 13.1. The fourth-order valence-corrected chi connectivity index (χ4v) is 3.80. The Balaban J connectivity index is 1.40. The van der Waals surface area contributed by atoms with Crippen molar-refractivity contribution in [1.29, 1.82) is 0 Å². The summed E-state index contributed by atoms with van der Waals surface area (Å²) in [6.45, 7) is 4.49. The third-order valence-electron chi connectivity index (χ3n) is 5.65. The Hall–Kier alpha value is -2.60. The second kappa shape index (κ2) is 7.43. The summed E-state index contributed by atoms with van der Waals surface area (Å²) >= 11 is 6.14. The molecule has 2 heterocycles. The normalized spacial score (nSPS) is 17.9. The van der Waals surface area contributed by atoms with Crippen molar-refractivity contribution in [3.05, 3.63) is 53.2 Å². The van der Waals surface area contributed by atoms with E-state index < -0.39 is 5.41 Å². The molecule has 0 atom stereocenters. The maximum absolute atomic E-state index is 13.1. The van der Waals surface area contributed by atoms with Crippen LogP contribution in [0.3, 0.4) is 0 Å². The fraction of sp³-hybridized carbons (Fsp3) is 0.381. The van der Waals surface area contributed by atoms with Gasteiger partial charge in [0.25, 0.3) is 0 Å². The first-order chi connectivity index (χ1) is 13.5. The first-order valence-electron chi connectivity index (χ1n) is 9.53. The van der Waals surface area contributed by atoms with Crippen molar-refractivity contribution >= 4 is 34.9 Å². The van der Waals surface area contributed by atoms with Crippen molar-refractivity contribution in [2.75, 3.05) is 36.4 Å². The third-order valence-corrected chi connectivity index (χ3v) is 6.06. The molecule has 2 fully saturated rings. The zero-order valence-electron chi connectivity index (χ0n) is 15.8. The Morgan fingerprint density at radius 2 is 1.82 bits per heavy atom. The molecule has 2 aliphatic rings. The molecule has 1 aliphatic carbocycles. The summed E-state index contributed by atoms with van der Waals surface area (Å²) in [5, 5.41) is 3.51. The van der Waals surface area contributed by atoms with Gasteiger partial charge in [0.1, 0.15) is 11.2 Å². The number of amides is 2. The van der Waals surface area contributed by atoms with E-state index in [9.17, 15) is 9.59 Å². The minimum absolute atomic E-state index is 0.0645. The molecule has 2 aromatic rings. The monoisotopic (exact) mass is 398 g/mol. The summed E-state index contributed by atoms with van der Waals surface area (Å²) in [6, 6.07) is 11.2. The average molecular weight is 399 g/mol. The Kier molecular flexibility index (Phi) is 4.98. The number of pyridine rings is 1. The van der Waals surface area contributed by atoms with Crippen molar-refractivity contribution in [2.24, 2.45) is 5.41 Å². The number of benzene rings is 1. The first kappa shape index (κ1) is 18.7. The van der Waals surface area contributed by atoms with Crippen LogP contribution in [0.15, 0.2) is 42.6 Å². The van der Waals surface area contributed by atoms with E-state index in [4.69, 9.17) is 11.6 Å². The van der Waals surface area contributed by atoms with Crippen LogP contribution < -0.4 is 10.2 Å². The highest BCUT2D eigenvalue weighted by Gasteiger charge is 2.58. The molecule has 146 valence electrons. The number of anilines is 2. The van der Waals surface area contributed by atoms with Gasteiger partial charge in [-0.15, -0.1) is 0 Å². The molecule has 6 nitrogen and oxygen atoms in total. The number of halogens is 1. The molecule has 7 heteroatoms. The lowest BCUT2D eigenvalue weighted by atomic mass is 10.0. The molecule has 2 amide bonds. The summed E-state index contributed by atoms with van der Waals surface area (Å²) < 4.78 is 0. The number of nitrogens with one attached hydrogen (secondary N) is 1. The predicted molar refractivity (Wildman–Crippen MR) is 110 cm³/mol. The highest BCUT2D eigenvalue weighted by atomic mass is 35.5. The van der Waals surface area contributed by atoms with Crippen LogP contribution in [0.1, 0.15) is 18.4 Å². The Morgan fingerprint density at radius 1 is 1.07 bits per heavy atom. The van der Waals surface area contributed by atoms with Crippen LogP contribution >= 0.6 is 11.6 Å². The zero-order valence-corrected chi connectivity index (χ0v) is 16.6. The zero-order chi connectivity index (χ0) is 19.7. The fourth-order valence-electron chi connectivity index (χ4n) is 3.63. The Labute approximate surface area is 169 Å². The Bertz CT molecular complexity index is 891. The van der Waals surface area contributed by atoms with E-state index in [1.807, 2.05) is 36.1 Å². The van der Waals surface area contributed by atoms with Gasteiger partial charge < -0.3 is 15.1 Å². The average Bonchev–Trinajstić information content (AvgIpc) is 3.54. The van der Waals surface area contributed by atoms with E-state index >= 15 is 0 Å². The minimum atomic E-state index is -0.929. The second-order valence-electron chi connectivity index (χ2n) is 7.42. The van der Waals surface area contributed by atoms with Crippen LogP contribution in [0.25, 0.3) is 0 Å². The number of rotatable bonds is 4. The van der Waals surface area contributed by atoms with Gasteiger partial charge in [0.05, 0.1) is 0 Å².